The zero-order valence-corrected chi connectivity index (χ0v) is 18.8. The van der Waals surface area contributed by atoms with E-state index >= 15 is 0 Å². The van der Waals surface area contributed by atoms with Gasteiger partial charge in [-0.1, -0.05) is 29.8 Å². The van der Waals surface area contributed by atoms with Gasteiger partial charge in [0, 0.05) is 24.5 Å². The summed E-state index contributed by atoms with van der Waals surface area (Å²) >= 11 is 6.24. The molecule has 8 heteroatoms. The first kappa shape index (κ1) is 23.3. The van der Waals surface area contributed by atoms with Gasteiger partial charge < -0.3 is 10.2 Å². The van der Waals surface area contributed by atoms with Gasteiger partial charge in [0.05, 0.1) is 22.9 Å². The monoisotopic (exact) mass is 478 g/mol. The Labute approximate surface area is 201 Å². The van der Waals surface area contributed by atoms with Crippen LogP contribution in [0.15, 0.2) is 79.1 Å². The molecule has 2 aromatic carbocycles. The van der Waals surface area contributed by atoms with E-state index in [-0.39, 0.29) is 10.8 Å². The molecule has 0 spiro atoms. The molecule has 4 rings (SSSR count). The highest BCUT2D eigenvalue weighted by molar-refractivity contribution is 6.33. The number of nitrogens with zero attached hydrogens (tertiary/aromatic N) is 3. The molecule has 1 amide bonds. The number of amides is 1. The van der Waals surface area contributed by atoms with Crippen molar-refractivity contribution in [2.75, 3.05) is 16.8 Å². The first-order valence-corrected chi connectivity index (χ1v) is 11.0. The molecule has 0 bridgehead atoms. The van der Waals surface area contributed by atoms with E-state index in [1.54, 1.807) is 42.7 Å². The maximum Gasteiger partial charge on any atom is 0.214 e. The van der Waals surface area contributed by atoms with Crippen LogP contribution in [0.3, 0.4) is 0 Å². The van der Waals surface area contributed by atoms with E-state index in [4.69, 9.17) is 11.6 Å². The highest BCUT2D eigenvalue weighted by Crippen LogP contribution is 2.32. The first-order valence-electron chi connectivity index (χ1n) is 10.6. The highest BCUT2D eigenvalue weighted by Gasteiger charge is 2.16. The minimum absolute atomic E-state index is 0.230. The number of carbonyl (C=O) groups excluding carboxylic acids is 1. The van der Waals surface area contributed by atoms with Crippen molar-refractivity contribution in [3.8, 4) is 11.3 Å². The minimum Gasteiger partial charge on any atom is -0.368 e. The van der Waals surface area contributed by atoms with E-state index in [2.05, 4.69) is 15.3 Å². The van der Waals surface area contributed by atoms with E-state index in [9.17, 15) is 13.6 Å². The van der Waals surface area contributed by atoms with Gasteiger partial charge in [0.15, 0.2) is 5.82 Å². The molecule has 0 atom stereocenters. The predicted octanol–water partition coefficient (Wildman–Crippen LogP) is 5.89. The van der Waals surface area contributed by atoms with Crippen LogP contribution in [0, 0.1) is 11.6 Å². The molecule has 1 N–H and O–H groups in total. The summed E-state index contributed by atoms with van der Waals surface area (Å²) in [5.74, 6) is -0.291. The average Bonchev–Trinajstić information content (AvgIpc) is 2.83. The maximum absolute atomic E-state index is 13.5. The summed E-state index contributed by atoms with van der Waals surface area (Å²) in [6, 6.07) is 17.6. The fourth-order valence-corrected chi connectivity index (χ4v) is 3.81. The molecular formula is C26H21ClF2N4O. The Balaban J connectivity index is 1.65. The van der Waals surface area contributed by atoms with Crippen molar-refractivity contribution >= 4 is 29.5 Å². The van der Waals surface area contributed by atoms with Crippen molar-refractivity contribution in [2.24, 2.45) is 0 Å². The molecule has 0 aliphatic heterocycles. The summed E-state index contributed by atoms with van der Waals surface area (Å²) in [6.07, 6.45) is 4.63. The molecule has 4 aromatic rings. The van der Waals surface area contributed by atoms with Gasteiger partial charge in [0.25, 0.3) is 0 Å². The predicted molar refractivity (Wildman–Crippen MR) is 130 cm³/mol. The number of pyridine rings is 2. The summed E-state index contributed by atoms with van der Waals surface area (Å²) in [7, 11) is 0. The second kappa shape index (κ2) is 10.9. The second-order valence-corrected chi connectivity index (χ2v) is 8.00. The Morgan fingerprint density at radius 3 is 2.53 bits per heavy atom. The number of halogens is 3. The van der Waals surface area contributed by atoms with E-state index < -0.39 is 5.82 Å². The number of hydrogen-bond acceptors (Lipinski definition) is 4. The van der Waals surface area contributed by atoms with Crippen molar-refractivity contribution in [3.63, 3.8) is 0 Å². The third kappa shape index (κ3) is 5.74. The summed E-state index contributed by atoms with van der Waals surface area (Å²) in [6.45, 7) is 0.748. The van der Waals surface area contributed by atoms with Gasteiger partial charge >= 0.3 is 0 Å². The zero-order valence-electron chi connectivity index (χ0n) is 18.1. The molecule has 5 nitrogen and oxygen atoms in total. The molecule has 2 heterocycles. The van der Waals surface area contributed by atoms with Gasteiger partial charge in [-0.3, -0.25) is 9.78 Å². The van der Waals surface area contributed by atoms with Crippen molar-refractivity contribution in [1.82, 2.24) is 9.97 Å². The fraction of sp³-hybridized carbons (Fsp3) is 0.115. The van der Waals surface area contributed by atoms with E-state index in [0.29, 0.717) is 42.3 Å². The highest BCUT2D eigenvalue weighted by atomic mass is 35.5. The third-order valence-electron chi connectivity index (χ3n) is 5.19. The van der Waals surface area contributed by atoms with Gasteiger partial charge in [-0.25, -0.2) is 13.8 Å². The van der Waals surface area contributed by atoms with Crippen LogP contribution in [-0.2, 0) is 17.8 Å². The van der Waals surface area contributed by atoms with E-state index in [1.807, 2.05) is 12.1 Å². The first-order chi connectivity index (χ1) is 16.5. The number of rotatable bonds is 9. The van der Waals surface area contributed by atoms with Crippen LogP contribution in [0.2, 0.25) is 5.02 Å². The molecule has 172 valence electrons. The number of nitrogens with one attached hydrogen (secondary N) is 1. The quantitative estimate of drug-likeness (QED) is 0.305. The minimum atomic E-state index is -0.442. The van der Waals surface area contributed by atoms with Gasteiger partial charge in [-0.15, -0.1) is 0 Å². The number of benzene rings is 2. The van der Waals surface area contributed by atoms with E-state index in [1.165, 1.54) is 29.2 Å². The Bertz CT molecular complexity index is 1290. The van der Waals surface area contributed by atoms with Crippen molar-refractivity contribution in [3.05, 3.63) is 107 Å². The molecule has 0 radical (unpaired) electrons. The normalized spacial score (nSPS) is 10.7. The Morgan fingerprint density at radius 1 is 0.971 bits per heavy atom. The van der Waals surface area contributed by atoms with Gasteiger partial charge in [0.1, 0.15) is 11.6 Å². The van der Waals surface area contributed by atoms with Crippen LogP contribution < -0.4 is 10.2 Å². The lowest BCUT2D eigenvalue weighted by molar-refractivity contribution is -0.107. The number of hydrogen-bond donors (Lipinski definition) is 1. The SMILES string of the molecule is O=CN(Cc1cccnc1)c1ccc(-c2ccc(F)cc2Cl)nc1NCCc1cccc(F)c1. The Hall–Kier alpha value is -3.84. The lowest BCUT2D eigenvalue weighted by Crippen LogP contribution is -2.23. The Kier molecular flexibility index (Phi) is 7.44. The van der Waals surface area contributed by atoms with Crippen molar-refractivity contribution in [2.45, 2.75) is 13.0 Å². The third-order valence-corrected chi connectivity index (χ3v) is 5.50. The molecule has 34 heavy (non-hydrogen) atoms. The standard InChI is InChI=1S/C26H21ClF2N4O/c27-23-14-21(29)6-7-22(23)24-8-9-25(33(17-34)16-19-4-2-11-30-15-19)26(32-24)31-12-10-18-3-1-5-20(28)13-18/h1-9,11,13-15,17H,10,12,16H2,(H,31,32). The van der Waals surface area contributed by atoms with Crippen molar-refractivity contribution in [1.29, 1.82) is 0 Å². The van der Waals surface area contributed by atoms with Crippen LogP contribution in [0.4, 0.5) is 20.3 Å². The molecule has 2 aromatic heterocycles. The largest absolute Gasteiger partial charge is 0.368 e. The maximum atomic E-state index is 13.5. The van der Waals surface area contributed by atoms with Gasteiger partial charge in [0.2, 0.25) is 6.41 Å². The number of anilines is 2. The lowest BCUT2D eigenvalue weighted by Gasteiger charge is -2.22. The summed E-state index contributed by atoms with van der Waals surface area (Å²) < 4.78 is 27.1. The molecule has 0 aliphatic carbocycles. The molecule has 0 aliphatic rings. The fourth-order valence-electron chi connectivity index (χ4n) is 3.55. The Morgan fingerprint density at radius 2 is 1.79 bits per heavy atom. The van der Waals surface area contributed by atoms with Gasteiger partial charge in [-0.2, -0.15) is 0 Å². The van der Waals surface area contributed by atoms with E-state index in [0.717, 1.165) is 17.5 Å². The zero-order chi connectivity index (χ0) is 23.9. The summed E-state index contributed by atoms with van der Waals surface area (Å²) in [5.41, 5.74) is 3.32. The van der Waals surface area contributed by atoms with Crippen LogP contribution in [0.1, 0.15) is 11.1 Å². The summed E-state index contributed by atoms with van der Waals surface area (Å²) in [5, 5.41) is 3.49. The van der Waals surface area contributed by atoms with Crippen LogP contribution in [-0.4, -0.2) is 22.9 Å². The van der Waals surface area contributed by atoms with Gasteiger partial charge in [-0.05, 0) is 66.1 Å². The summed E-state index contributed by atoms with van der Waals surface area (Å²) in [4.78, 5) is 22.3. The molecule has 0 unspecified atom stereocenters. The molecule has 0 saturated heterocycles. The average molecular weight is 479 g/mol. The van der Waals surface area contributed by atoms with Crippen LogP contribution >= 0.6 is 11.6 Å². The molecule has 0 saturated carbocycles. The van der Waals surface area contributed by atoms with Crippen LogP contribution in [0.25, 0.3) is 11.3 Å². The van der Waals surface area contributed by atoms with Crippen molar-refractivity contribution < 1.29 is 13.6 Å². The second-order valence-electron chi connectivity index (χ2n) is 7.59. The number of aromatic nitrogens is 2. The lowest BCUT2D eigenvalue weighted by atomic mass is 10.1. The molecular weight excluding hydrogens is 458 g/mol. The van der Waals surface area contributed by atoms with Crippen LogP contribution in [0.5, 0.6) is 0 Å². The topological polar surface area (TPSA) is 58.1 Å². The number of carbonyl (C=O) groups is 1. The smallest absolute Gasteiger partial charge is 0.214 e. The molecule has 0 fully saturated rings.